The molecule has 0 radical (unpaired) electrons. The molecule has 1 aromatic carbocycles. The van der Waals surface area contributed by atoms with Crippen LogP contribution in [0.3, 0.4) is 0 Å². The van der Waals surface area contributed by atoms with Crippen LogP contribution in [0.2, 0.25) is 0 Å². The summed E-state index contributed by atoms with van der Waals surface area (Å²) in [6.07, 6.45) is 6.36. The highest BCUT2D eigenvalue weighted by atomic mass is 32.2. The molecule has 17 nitrogen and oxygen atoms in total. The van der Waals surface area contributed by atoms with Gasteiger partial charge in [-0.3, -0.25) is 23.9 Å². The summed E-state index contributed by atoms with van der Waals surface area (Å²) in [4.78, 5) is 78.6. The molecule has 322 valence electrons. The van der Waals surface area contributed by atoms with Crippen molar-refractivity contribution in [3.63, 3.8) is 0 Å². The van der Waals surface area contributed by atoms with Crippen molar-refractivity contribution in [2.75, 3.05) is 19.0 Å². The summed E-state index contributed by atoms with van der Waals surface area (Å²) in [5, 5.41) is 10.4. The minimum atomic E-state index is -3.93. The van der Waals surface area contributed by atoms with Gasteiger partial charge in [0, 0.05) is 42.2 Å². The van der Waals surface area contributed by atoms with Gasteiger partial charge in [0.25, 0.3) is 5.91 Å². The van der Waals surface area contributed by atoms with E-state index in [2.05, 4.69) is 25.7 Å². The monoisotopic (exact) mass is 865 g/mol. The molecule has 4 aliphatic rings. The predicted molar refractivity (Wildman–Crippen MR) is 223 cm³/mol. The molecule has 3 aromatic rings. The molecular formula is C41H51N7O10S2. The van der Waals surface area contributed by atoms with Crippen LogP contribution < -0.4 is 30.1 Å². The topological polar surface area (TPSA) is 224 Å². The number of thiazole rings is 1. The van der Waals surface area contributed by atoms with Gasteiger partial charge in [0.15, 0.2) is 5.13 Å². The number of hydrogen-bond donors (Lipinski definition) is 4. The number of nitrogens with zero attached hydrogens (tertiary/aromatic N) is 3. The predicted octanol–water partition coefficient (Wildman–Crippen LogP) is 4.57. The first-order valence-electron chi connectivity index (χ1n) is 20.2. The molecule has 1 unspecified atom stereocenters. The number of aromatic nitrogens is 2. The summed E-state index contributed by atoms with van der Waals surface area (Å²) in [5.41, 5.74) is -0.957. The average molecular weight is 866 g/mol. The normalized spacial score (nSPS) is 25.4. The molecule has 3 fully saturated rings. The first-order valence-corrected chi connectivity index (χ1v) is 22.6. The maximum Gasteiger partial charge on any atom is 0.408 e. The van der Waals surface area contributed by atoms with E-state index in [-0.39, 0.29) is 31.7 Å². The molecule has 5 atom stereocenters. The minimum Gasteiger partial charge on any atom is -0.497 e. The van der Waals surface area contributed by atoms with Gasteiger partial charge >= 0.3 is 6.09 Å². The third kappa shape index (κ3) is 9.83. The largest absolute Gasteiger partial charge is 0.497 e. The van der Waals surface area contributed by atoms with E-state index in [4.69, 9.17) is 19.2 Å². The lowest BCUT2D eigenvalue weighted by molar-refractivity contribution is -0.141. The van der Waals surface area contributed by atoms with E-state index in [0.29, 0.717) is 64.6 Å². The minimum absolute atomic E-state index is 0.00596. The van der Waals surface area contributed by atoms with Crippen LogP contribution >= 0.6 is 11.3 Å². The number of hydrogen-bond acceptors (Lipinski definition) is 13. The quantitative estimate of drug-likeness (QED) is 0.217. The van der Waals surface area contributed by atoms with Crippen molar-refractivity contribution in [1.29, 1.82) is 0 Å². The number of amides is 5. The van der Waals surface area contributed by atoms with Crippen molar-refractivity contribution < 1.29 is 46.6 Å². The highest BCUT2D eigenvalue weighted by molar-refractivity contribution is 7.91. The number of benzene rings is 1. The maximum atomic E-state index is 14.7. The molecule has 2 saturated carbocycles. The van der Waals surface area contributed by atoms with E-state index >= 15 is 0 Å². The molecule has 2 aromatic heterocycles. The molecule has 0 bridgehead atoms. The summed E-state index contributed by atoms with van der Waals surface area (Å²) in [5.74, 6) is -1.81. The van der Waals surface area contributed by atoms with Crippen molar-refractivity contribution in [2.24, 2.45) is 5.92 Å². The number of sulfonamides is 1. The van der Waals surface area contributed by atoms with Crippen molar-refractivity contribution in [1.82, 2.24) is 30.2 Å². The van der Waals surface area contributed by atoms with Crippen LogP contribution in [0.4, 0.5) is 9.93 Å². The van der Waals surface area contributed by atoms with E-state index in [0.717, 1.165) is 12.8 Å². The molecule has 2 aliphatic heterocycles. The number of ether oxygens (including phenoxy) is 3. The van der Waals surface area contributed by atoms with E-state index in [1.807, 2.05) is 12.2 Å². The molecule has 7 rings (SSSR count). The van der Waals surface area contributed by atoms with Crippen LogP contribution in [0.5, 0.6) is 11.5 Å². The van der Waals surface area contributed by atoms with Gasteiger partial charge < -0.3 is 35.1 Å². The number of fused-ring (bicyclic) bond motifs is 3. The number of rotatable bonds is 9. The Bertz CT molecular complexity index is 2320. The van der Waals surface area contributed by atoms with Crippen LogP contribution in [0, 0.1) is 5.92 Å². The molecule has 4 heterocycles. The summed E-state index contributed by atoms with van der Waals surface area (Å²) in [6.45, 7) is 6.47. The number of nitrogens with one attached hydrogen (secondary N) is 4. The van der Waals surface area contributed by atoms with Crippen LogP contribution in [0.25, 0.3) is 22.3 Å². The Kier molecular flexibility index (Phi) is 12.1. The lowest BCUT2D eigenvalue weighted by Gasteiger charge is -2.30. The van der Waals surface area contributed by atoms with Gasteiger partial charge in [-0.1, -0.05) is 25.0 Å². The molecule has 4 N–H and O–H groups in total. The lowest BCUT2D eigenvalue weighted by Crippen LogP contribution is -2.58. The number of pyridine rings is 1. The molecule has 0 spiro atoms. The van der Waals surface area contributed by atoms with Crippen molar-refractivity contribution in [3.05, 3.63) is 41.8 Å². The second-order valence-electron chi connectivity index (χ2n) is 16.8. The SMILES string of the molecule is COc1ccc2c(O[C@@H]3C[C@H]4C(=O)N[C@]5(C(=O)NS(=O)(=O)C6CC6)CC5/C=C\CCCCC[C@H](NC(=O)OC(C)(C)C)C(=O)N4C3)cc(-c3csc(NC(C)=O)n3)nc2c1. The summed E-state index contributed by atoms with van der Waals surface area (Å²) < 4.78 is 45.8. The Morgan fingerprint density at radius 2 is 1.82 bits per heavy atom. The second-order valence-corrected chi connectivity index (χ2v) is 19.6. The number of alkyl carbamates (subject to hydrolysis) is 1. The maximum absolute atomic E-state index is 14.7. The zero-order valence-corrected chi connectivity index (χ0v) is 35.9. The van der Waals surface area contributed by atoms with Gasteiger partial charge in [0.1, 0.15) is 46.5 Å². The molecule has 60 heavy (non-hydrogen) atoms. The molecular weight excluding hydrogens is 815 g/mol. The van der Waals surface area contributed by atoms with Crippen molar-refractivity contribution in [3.8, 4) is 22.9 Å². The third-order valence-corrected chi connectivity index (χ3v) is 13.4. The van der Waals surface area contributed by atoms with Gasteiger partial charge in [-0.2, -0.15) is 0 Å². The van der Waals surface area contributed by atoms with E-state index < -0.39 is 74.3 Å². The Balaban J connectivity index is 1.23. The van der Waals surface area contributed by atoms with Gasteiger partial charge in [0.05, 0.1) is 30.1 Å². The summed E-state index contributed by atoms with van der Waals surface area (Å²) in [6, 6.07) is 4.77. The molecule has 19 heteroatoms. The number of allylic oxidation sites excluding steroid dienone is 1. The first kappa shape index (κ1) is 42.8. The molecule has 1 saturated heterocycles. The Hall–Kier alpha value is -5.30. The highest BCUT2D eigenvalue weighted by Gasteiger charge is 2.62. The number of carbonyl (C=O) groups excluding carboxylic acids is 5. The fourth-order valence-corrected chi connectivity index (χ4v) is 9.72. The number of methoxy groups -OCH3 is 1. The fourth-order valence-electron chi connectivity index (χ4n) is 7.61. The molecule has 5 amide bonds. The van der Waals surface area contributed by atoms with E-state index in [1.54, 1.807) is 50.4 Å². The van der Waals surface area contributed by atoms with Crippen LogP contribution in [-0.4, -0.2) is 101 Å². The van der Waals surface area contributed by atoms with Crippen molar-refractivity contribution in [2.45, 2.75) is 120 Å². The Morgan fingerprint density at radius 1 is 1.03 bits per heavy atom. The second kappa shape index (κ2) is 17.0. The Morgan fingerprint density at radius 3 is 2.53 bits per heavy atom. The average Bonchev–Trinajstić information content (AvgIpc) is 4.06. The van der Waals surface area contributed by atoms with E-state index in [1.165, 1.54) is 30.3 Å². The fraction of sp³-hybridized carbons (Fsp3) is 0.537. The first-order chi connectivity index (χ1) is 28.4. The van der Waals surface area contributed by atoms with E-state index in [9.17, 15) is 32.4 Å². The van der Waals surface area contributed by atoms with Gasteiger partial charge in [-0.15, -0.1) is 11.3 Å². The zero-order chi connectivity index (χ0) is 43.0. The number of carbonyl (C=O) groups is 5. The Labute approximate surface area is 352 Å². The standard InChI is InChI=1S/C41H51N7O10S2/c1-23(49)42-38-44-32(22-59-38)31-19-34(28-16-13-25(56-5)17-30(28)43-31)57-26-18-33-35(50)46-41(37(52)47-60(54,55)27-14-15-27)20-24(41)11-9-7-6-8-10-12-29(36(51)48(33)21-26)45-39(53)58-40(2,3)4/h9,11,13,16-17,19,22,24,26-27,29,33H,6-8,10,12,14-15,18,20-21H2,1-5H3,(H,45,53)(H,46,50)(H,47,52)(H,42,44,49)/b11-9-/t24?,26-,29+,33+,41-/m1/s1. The highest BCUT2D eigenvalue weighted by Crippen LogP contribution is 2.46. The zero-order valence-electron chi connectivity index (χ0n) is 34.2. The van der Waals surface area contributed by atoms with Crippen LogP contribution in [0.1, 0.15) is 85.5 Å². The smallest absolute Gasteiger partial charge is 0.408 e. The van der Waals surface area contributed by atoms with Gasteiger partial charge in [0.2, 0.25) is 27.7 Å². The van der Waals surface area contributed by atoms with Gasteiger partial charge in [-0.25, -0.2) is 23.2 Å². The summed E-state index contributed by atoms with van der Waals surface area (Å²) in [7, 11) is -2.39. The number of anilines is 1. The van der Waals surface area contributed by atoms with Crippen LogP contribution in [-0.2, 0) is 33.9 Å². The third-order valence-electron chi connectivity index (χ3n) is 10.9. The van der Waals surface area contributed by atoms with Gasteiger partial charge in [-0.05, 0) is 71.4 Å². The lowest BCUT2D eigenvalue weighted by atomic mass is 10.0. The van der Waals surface area contributed by atoms with Crippen LogP contribution in [0.15, 0.2) is 41.8 Å². The summed E-state index contributed by atoms with van der Waals surface area (Å²) >= 11 is 1.23. The molecule has 2 aliphatic carbocycles. The van der Waals surface area contributed by atoms with Crippen molar-refractivity contribution >= 4 is 67.1 Å².